The van der Waals surface area contributed by atoms with Crippen LogP contribution in [0, 0.1) is 0 Å². The van der Waals surface area contributed by atoms with Crippen molar-refractivity contribution in [1.82, 2.24) is 4.57 Å². The number of rotatable bonds is 4. The molecule has 1 heterocycles. The largest absolute Gasteiger partial charge is 0.310 e. The summed E-state index contributed by atoms with van der Waals surface area (Å²) in [6.45, 7) is 9.53. The summed E-state index contributed by atoms with van der Waals surface area (Å²) in [4.78, 5) is 2.49. The maximum atomic E-state index is 2.49. The van der Waals surface area contributed by atoms with E-state index in [0.717, 1.165) is 5.69 Å². The Hall–Kier alpha value is -6.38. The molecule has 0 aliphatic heterocycles. The molecule has 0 spiro atoms. The third-order valence-corrected chi connectivity index (χ3v) is 12.6. The zero-order valence-electron chi connectivity index (χ0n) is 31.1. The van der Waals surface area contributed by atoms with Crippen LogP contribution in [0.15, 0.2) is 170 Å². The highest BCUT2D eigenvalue weighted by Crippen LogP contribution is 2.55. The Kier molecular flexibility index (Phi) is 6.39. The maximum absolute atomic E-state index is 2.49. The Balaban J connectivity index is 1.14. The molecule has 0 unspecified atom stereocenters. The van der Waals surface area contributed by atoms with Crippen LogP contribution in [-0.2, 0) is 10.8 Å². The molecule has 0 N–H and O–H groups in total. The van der Waals surface area contributed by atoms with Crippen LogP contribution in [0.3, 0.4) is 0 Å². The molecule has 8 aromatic carbocycles. The number of benzene rings is 8. The Morgan fingerprint density at radius 2 is 0.926 bits per heavy atom. The molecule has 54 heavy (non-hydrogen) atoms. The van der Waals surface area contributed by atoms with E-state index in [-0.39, 0.29) is 10.8 Å². The van der Waals surface area contributed by atoms with E-state index in [9.17, 15) is 0 Å². The van der Waals surface area contributed by atoms with E-state index < -0.39 is 0 Å². The second-order valence-corrected chi connectivity index (χ2v) is 16.2. The Morgan fingerprint density at radius 1 is 0.407 bits per heavy atom. The van der Waals surface area contributed by atoms with Gasteiger partial charge in [-0.3, -0.25) is 0 Å². The second kappa shape index (κ2) is 11.1. The fourth-order valence-corrected chi connectivity index (χ4v) is 9.93. The van der Waals surface area contributed by atoms with Crippen LogP contribution in [0.5, 0.6) is 0 Å². The fourth-order valence-electron chi connectivity index (χ4n) is 9.93. The number of fused-ring (bicyclic) bond motifs is 10. The SMILES string of the molecule is CC1(C)c2ccccc2-c2ccc(N(c3ccc4c(c3)C(C)(C)c3cccc(-n5c6ccccc6c6ccccc65)c3-4)c3cccc4ccccc34)cc21. The zero-order valence-corrected chi connectivity index (χ0v) is 31.1. The average molecular weight is 693 g/mol. The first-order valence-corrected chi connectivity index (χ1v) is 19.1. The van der Waals surface area contributed by atoms with Crippen molar-refractivity contribution in [2.75, 3.05) is 4.90 Å². The van der Waals surface area contributed by atoms with Gasteiger partial charge in [0, 0.05) is 43.9 Å². The van der Waals surface area contributed by atoms with Crippen molar-refractivity contribution in [3.63, 3.8) is 0 Å². The lowest BCUT2D eigenvalue weighted by molar-refractivity contribution is 0.660. The number of nitrogens with zero attached hydrogens (tertiary/aromatic N) is 2. The fraction of sp³-hybridized carbons (Fsp3) is 0.115. The van der Waals surface area contributed by atoms with Crippen LogP contribution in [-0.4, -0.2) is 4.57 Å². The smallest absolute Gasteiger partial charge is 0.0543 e. The summed E-state index contributed by atoms with van der Waals surface area (Å²) < 4.78 is 2.48. The first-order chi connectivity index (χ1) is 26.3. The number of hydrogen-bond donors (Lipinski definition) is 0. The van der Waals surface area contributed by atoms with Gasteiger partial charge in [-0.25, -0.2) is 0 Å². The summed E-state index contributed by atoms with van der Waals surface area (Å²) >= 11 is 0. The molecule has 258 valence electrons. The number of hydrogen-bond acceptors (Lipinski definition) is 1. The van der Waals surface area contributed by atoms with Gasteiger partial charge in [-0.2, -0.15) is 0 Å². The lowest BCUT2D eigenvalue weighted by Crippen LogP contribution is -2.18. The van der Waals surface area contributed by atoms with Gasteiger partial charge in [0.1, 0.15) is 0 Å². The van der Waals surface area contributed by atoms with Crippen LogP contribution in [0.25, 0.3) is 60.5 Å². The van der Waals surface area contributed by atoms with E-state index in [1.807, 2.05) is 0 Å². The van der Waals surface area contributed by atoms with Crippen molar-refractivity contribution in [2.45, 2.75) is 38.5 Å². The maximum Gasteiger partial charge on any atom is 0.0543 e. The Labute approximate surface area is 316 Å². The Morgan fingerprint density at radius 3 is 1.67 bits per heavy atom. The van der Waals surface area contributed by atoms with Gasteiger partial charge in [0.15, 0.2) is 0 Å². The van der Waals surface area contributed by atoms with Crippen molar-refractivity contribution in [1.29, 1.82) is 0 Å². The van der Waals surface area contributed by atoms with Crippen molar-refractivity contribution < 1.29 is 0 Å². The summed E-state index contributed by atoms with van der Waals surface area (Å²) in [6.07, 6.45) is 0. The molecular weight excluding hydrogens is 653 g/mol. The van der Waals surface area contributed by atoms with E-state index in [1.54, 1.807) is 0 Å². The van der Waals surface area contributed by atoms with Crippen molar-refractivity contribution >= 4 is 49.6 Å². The van der Waals surface area contributed by atoms with E-state index in [0.29, 0.717) is 0 Å². The molecule has 0 saturated heterocycles. The van der Waals surface area contributed by atoms with Crippen molar-refractivity contribution in [3.8, 4) is 27.9 Å². The number of anilines is 3. The van der Waals surface area contributed by atoms with E-state index in [1.165, 1.54) is 94.1 Å². The first kappa shape index (κ1) is 31.2. The molecule has 0 saturated carbocycles. The molecule has 2 aliphatic carbocycles. The standard InChI is InChI=1S/C52H40N2/c1-51(2)42-21-10-7-18-37(42)38-29-27-34(31-44(38)51)53(46-25-13-16-33-15-5-6-17-36(33)46)35-28-30-41-45(32-35)52(3,4)43-22-14-26-49(50(41)43)54-47-23-11-8-19-39(47)40-20-9-12-24-48(40)54/h5-32H,1-4H3. The molecule has 2 heteroatoms. The minimum atomic E-state index is -0.207. The summed E-state index contributed by atoms with van der Waals surface area (Å²) in [5.41, 5.74) is 17.7. The molecule has 2 aliphatic rings. The van der Waals surface area contributed by atoms with Gasteiger partial charge in [-0.05, 0) is 92.9 Å². The van der Waals surface area contributed by atoms with Crippen molar-refractivity contribution in [3.05, 3.63) is 192 Å². The third kappa shape index (κ3) is 4.17. The molecule has 9 aromatic rings. The minimum absolute atomic E-state index is 0.100. The normalized spacial score (nSPS) is 14.6. The van der Waals surface area contributed by atoms with Gasteiger partial charge in [0.05, 0.1) is 22.4 Å². The molecule has 0 bridgehead atoms. The molecule has 11 rings (SSSR count). The van der Waals surface area contributed by atoms with Crippen LogP contribution in [0.2, 0.25) is 0 Å². The predicted molar refractivity (Wildman–Crippen MR) is 228 cm³/mol. The highest BCUT2D eigenvalue weighted by molar-refractivity contribution is 6.10. The van der Waals surface area contributed by atoms with Crippen LogP contribution in [0.4, 0.5) is 17.1 Å². The summed E-state index contributed by atoms with van der Waals surface area (Å²) in [5, 5.41) is 5.04. The summed E-state index contributed by atoms with van der Waals surface area (Å²) in [5.74, 6) is 0. The summed E-state index contributed by atoms with van der Waals surface area (Å²) in [6, 6.07) is 63.3. The van der Waals surface area contributed by atoms with Crippen LogP contribution >= 0.6 is 0 Å². The van der Waals surface area contributed by atoms with Crippen molar-refractivity contribution in [2.24, 2.45) is 0 Å². The van der Waals surface area contributed by atoms with Gasteiger partial charge in [-0.15, -0.1) is 0 Å². The van der Waals surface area contributed by atoms with Gasteiger partial charge in [0.25, 0.3) is 0 Å². The quantitative estimate of drug-likeness (QED) is 0.178. The van der Waals surface area contributed by atoms with Crippen LogP contribution < -0.4 is 4.90 Å². The lowest BCUT2D eigenvalue weighted by Gasteiger charge is -2.30. The molecule has 1 aromatic heterocycles. The van der Waals surface area contributed by atoms with Gasteiger partial charge >= 0.3 is 0 Å². The average Bonchev–Trinajstić information content (AvgIpc) is 3.75. The highest BCUT2D eigenvalue weighted by Gasteiger charge is 2.39. The molecule has 0 fully saturated rings. The number of aromatic nitrogens is 1. The number of para-hydroxylation sites is 2. The molecule has 0 amide bonds. The van der Waals surface area contributed by atoms with E-state index in [4.69, 9.17) is 0 Å². The van der Waals surface area contributed by atoms with E-state index >= 15 is 0 Å². The molecular formula is C52H40N2. The minimum Gasteiger partial charge on any atom is -0.310 e. The molecule has 0 radical (unpaired) electrons. The monoisotopic (exact) mass is 692 g/mol. The molecule has 0 atom stereocenters. The summed E-state index contributed by atoms with van der Waals surface area (Å²) in [7, 11) is 0. The third-order valence-electron chi connectivity index (χ3n) is 12.6. The van der Waals surface area contributed by atoms with Gasteiger partial charge < -0.3 is 9.47 Å². The van der Waals surface area contributed by atoms with Crippen LogP contribution in [0.1, 0.15) is 49.9 Å². The van der Waals surface area contributed by atoms with Gasteiger partial charge in [-0.1, -0.05) is 149 Å². The lowest BCUT2D eigenvalue weighted by atomic mass is 9.82. The zero-order chi connectivity index (χ0) is 36.3. The Bertz CT molecular complexity index is 2950. The predicted octanol–water partition coefficient (Wildman–Crippen LogP) is 14.0. The first-order valence-electron chi connectivity index (χ1n) is 19.1. The van der Waals surface area contributed by atoms with E-state index in [2.05, 4.69) is 207 Å². The topological polar surface area (TPSA) is 8.17 Å². The second-order valence-electron chi connectivity index (χ2n) is 16.2. The highest BCUT2D eigenvalue weighted by atomic mass is 15.1. The molecule has 2 nitrogen and oxygen atoms in total. The van der Waals surface area contributed by atoms with Gasteiger partial charge in [0.2, 0.25) is 0 Å².